The fourth-order valence-electron chi connectivity index (χ4n) is 5.03. The van der Waals surface area contributed by atoms with Gasteiger partial charge in [-0.3, -0.25) is 9.59 Å². The molecule has 0 aliphatic rings. The van der Waals surface area contributed by atoms with Crippen molar-refractivity contribution in [3.05, 3.63) is 0 Å². The van der Waals surface area contributed by atoms with E-state index in [1.807, 2.05) is 6.92 Å². The number of carbonyl (C=O) groups is 2. The van der Waals surface area contributed by atoms with Crippen LogP contribution in [0, 0.1) is 5.92 Å². The summed E-state index contributed by atoms with van der Waals surface area (Å²) in [6.45, 7) is 12.5. The summed E-state index contributed by atoms with van der Waals surface area (Å²) in [6, 6.07) is 0. The first kappa shape index (κ1) is 46.7. The number of carbonyl (C=O) groups excluding carboxylic acids is 2. The van der Waals surface area contributed by atoms with Crippen LogP contribution in [0.4, 0.5) is 0 Å². The van der Waals surface area contributed by atoms with E-state index in [4.69, 9.17) is 37.9 Å². The van der Waals surface area contributed by atoms with Gasteiger partial charge in [0.2, 0.25) is 0 Å². The third-order valence-corrected chi connectivity index (χ3v) is 8.04. The van der Waals surface area contributed by atoms with Crippen LogP contribution < -0.4 is 0 Å². The molecule has 0 rings (SSSR count). The average Bonchev–Trinajstić information content (AvgIpc) is 3.09. The van der Waals surface area contributed by atoms with Crippen molar-refractivity contribution in [2.24, 2.45) is 5.92 Å². The highest BCUT2D eigenvalue weighted by atomic mass is 16.6. The second-order valence-electron chi connectivity index (χ2n) is 12.3. The Morgan fingerprint density at radius 3 is 1.10 bits per heavy atom. The summed E-state index contributed by atoms with van der Waals surface area (Å²) in [4.78, 5) is 23.9. The maximum atomic E-state index is 12.0. The van der Waals surface area contributed by atoms with Crippen LogP contribution in [0.2, 0.25) is 0 Å². The lowest BCUT2D eigenvalue weighted by Crippen LogP contribution is -2.20. The zero-order valence-electron chi connectivity index (χ0n) is 31.3. The predicted octanol–water partition coefficient (Wildman–Crippen LogP) is 7.87. The highest BCUT2D eigenvalue weighted by molar-refractivity contribution is 5.72. The summed E-state index contributed by atoms with van der Waals surface area (Å²) in [6.07, 6.45) is 21.2. The molecule has 10 nitrogen and oxygen atoms in total. The van der Waals surface area contributed by atoms with Gasteiger partial charge in [-0.25, -0.2) is 0 Å². The van der Waals surface area contributed by atoms with Gasteiger partial charge in [-0.1, -0.05) is 111 Å². The van der Waals surface area contributed by atoms with Crippen LogP contribution in [0.1, 0.15) is 136 Å². The van der Waals surface area contributed by atoms with E-state index in [2.05, 4.69) is 13.8 Å². The Morgan fingerprint density at radius 1 is 0.396 bits per heavy atom. The van der Waals surface area contributed by atoms with Gasteiger partial charge in [0.25, 0.3) is 0 Å². The van der Waals surface area contributed by atoms with Crippen molar-refractivity contribution < 1.29 is 47.5 Å². The van der Waals surface area contributed by atoms with Crippen molar-refractivity contribution in [2.75, 3.05) is 92.5 Å². The number of hydrogen-bond acceptors (Lipinski definition) is 10. The number of hydrogen-bond donors (Lipinski definition) is 0. The third-order valence-electron chi connectivity index (χ3n) is 8.04. The number of esters is 2. The number of ether oxygens (including phenoxy) is 8. The maximum absolute atomic E-state index is 12.0. The molecule has 0 aromatic rings. The van der Waals surface area contributed by atoms with Gasteiger partial charge in [-0.05, 0) is 19.3 Å². The number of unbranched alkanes of at least 4 members (excludes halogenated alkanes) is 13. The summed E-state index contributed by atoms with van der Waals surface area (Å²) in [5.74, 6) is -0.254. The molecule has 0 saturated heterocycles. The molecule has 1 unspecified atom stereocenters. The normalized spacial score (nSPS) is 12.0. The lowest BCUT2D eigenvalue weighted by Gasteiger charge is -2.13. The van der Waals surface area contributed by atoms with Crippen molar-refractivity contribution >= 4 is 11.9 Å². The Morgan fingerprint density at radius 2 is 0.729 bits per heavy atom. The Balaban J connectivity index is 3.22. The quantitative estimate of drug-likeness (QED) is 0.0466. The molecule has 286 valence electrons. The summed E-state index contributed by atoms with van der Waals surface area (Å²) >= 11 is 0. The van der Waals surface area contributed by atoms with Gasteiger partial charge in [0.1, 0.15) is 13.2 Å². The molecule has 0 N–H and O–H groups in total. The summed E-state index contributed by atoms with van der Waals surface area (Å²) in [7, 11) is 0. The second-order valence-corrected chi connectivity index (χ2v) is 12.3. The minimum atomic E-state index is -0.132. The van der Waals surface area contributed by atoms with Gasteiger partial charge >= 0.3 is 11.9 Å². The van der Waals surface area contributed by atoms with E-state index in [0.29, 0.717) is 85.7 Å². The van der Waals surface area contributed by atoms with Crippen LogP contribution in [0.15, 0.2) is 0 Å². The molecule has 48 heavy (non-hydrogen) atoms. The standard InChI is InChI=1S/C38H74O10/c1-4-7-9-10-11-12-13-14-15-16-17-18-19-21-37(39)47-34-32-45-30-28-43-26-24-41-22-23-42-25-27-44-29-31-46-33-35-48-38(40)36(6-3)20-8-5-2/h36H,4-35H2,1-3H3. The molecular formula is C38H74O10. The zero-order valence-corrected chi connectivity index (χ0v) is 31.3. The van der Waals surface area contributed by atoms with E-state index >= 15 is 0 Å². The fourth-order valence-corrected chi connectivity index (χ4v) is 5.03. The van der Waals surface area contributed by atoms with E-state index in [-0.39, 0.29) is 31.1 Å². The topological polar surface area (TPSA) is 108 Å². The number of rotatable bonds is 40. The van der Waals surface area contributed by atoms with E-state index in [0.717, 1.165) is 38.5 Å². The zero-order chi connectivity index (χ0) is 35.0. The molecule has 10 heteroatoms. The average molecular weight is 691 g/mol. The molecule has 1 atom stereocenters. The molecule has 0 fully saturated rings. The molecule has 0 aliphatic heterocycles. The smallest absolute Gasteiger partial charge is 0.308 e. The van der Waals surface area contributed by atoms with Crippen molar-refractivity contribution in [2.45, 2.75) is 136 Å². The Labute approximate surface area is 293 Å². The van der Waals surface area contributed by atoms with E-state index in [1.54, 1.807) is 0 Å². The summed E-state index contributed by atoms with van der Waals surface area (Å²) in [5.41, 5.74) is 0. The Kier molecular flexibility index (Phi) is 39.0. The molecule has 0 spiro atoms. The Hall–Kier alpha value is -1.30. The van der Waals surface area contributed by atoms with Gasteiger partial charge < -0.3 is 37.9 Å². The highest BCUT2D eigenvalue weighted by Gasteiger charge is 2.17. The first-order chi connectivity index (χ1) is 23.7. The fraction of sp³-hybridized carbons (Fsp3) is 0.947. The van der Waals surface area contributed by atoms with E-state index in [1.165, 1.54) is 70.6 Å². The van der Waals surface area contributed by atoms with Crippen molar-refractivity contribution in [3.63, 3.8) is 0 Å². The molecule has 0 aliphatic carbocycles. The molecular weight excluding hydrogens is 616 g/mol. The monoisotopic (exact) mass is 691 g/mol. The van der Waals surface area contributed by atoms with E-state index < -0.39 is 0 Å². The SMILES string of the molecule is CCCCCCCCCCCCCCCC(=O)OCCOCCOCCOCCOCCOCCOCCOC(=O)C(CC)CCCC. The first-order valence-corrected chi connectivity index (χ1v) is 19.4. The van der Waals surface area contributed by atoms with Gasteiger partial charge in [-0.15, -0.1) is 0 Å². The van der Waals surface area contributed by atoms with Crippen LogP contribution in [-0.2, 0) is 47.5 Å². The van der Waals surface area contributed by atoms with Gasteiger partial charge in [-0.2, -0.15) is 0 Å². The van der Waals surface area contributed by atoms with Crippen LogP contribution in [0.3, 0.4) is 0 Å². The third kappa shape index (κ3) is 36.0. The van der Waals surface area contributed by atoms with Gasteiger partial charge in [0.05, 0.1) is 85.2 Å². The molecule has 0 heterocycles. The predicted molar refractivity (Wildman–Crippen MR) is 190 cm³/mol. The maximum Gasteiger partial charge on any atom is 0.308 e. The largest absolute Gasteiger partial charge is 0.463 e. The van der Waals surface area contributed by atoms with Crippen molar-refractivity contribution in [1.29, 1.82) is 0 Å². The molecule has 0 bridgehead atoms. The van der Waals surface area contributed by atoms with Crippen LogP contribution >= 0.6 is 0 Å². The summed E-state index contributed by atoms with van der Waals surface area (Å²) < 4.78 is 43.4. The minimum Gasteiger partial charge on any atom is -0.463 e. The lowest BCUT2D eigenvalue weighted by molar-refractivity contribution is -0.150. The van der Waals surface area contributed by atoms with Gasteiger partial charge in [0.15, 0.2) is 0 Å². The summed E-state index contributed by atoms with van der Waals surface area (Å²) in [5, 5.41) is 0. The lowest BCUT2D eigenvalue weighted by atomic mass is 10.00. The Bertz CT molecular complexity index is 663. The van der Waals surface area contributed by atoms with Crippen molar-refractivity contribution in [3.8, 4) is 0 Å². The second kappa shape index (κ2) is 40.1. The van der Waals surface area contributed by atoms with Crippen LogP contribution in [-0.4, -0.2) is 104 Å². The van der Waals surface area contributed by atoms with Crippen LogP contribution in [0.5, 0.6) is 0 Å². The van der Waals surface area contributed by atoms with Crippen LogP contribution in [0.25, 0.3) is 0 Å². The molecule has 0 aromatic heterocycles. The first-order valence-electron chi connectivity index (χ1n) is 19.4. The molecule has 0 saturated carbocycles. The van der Waals surface area contributed by atoms with Gasteiger partial charge in [0, 0.05) is 6.42 Å². The van der Waals surface area contributed by atoms with E-state index in [9.17, 15) is 9.59 Å². The molecule has 0 amide bonds. The van der Waals surface area contributed by atoms with Crippen molar-refractivity contribution in [1.82, 2.24) is 0 Å². The highest BCUT2D eigenvalue weighted by Crippen LogP contribution is 2.15. The minimum absolute atomic E-state index is 0.00274. The molecule has 0 aromatic carbocycles. The molecule has 0 radical (unpaired) electrons.